The zero-order chi connectivity index (χ0) is 17.4. The van der Waals surface area contributed by atoms with Gasteiger partial charge in [-0.25, -0.2) is 0 Å². The Balaban J connectivity index is 1.63. The van der Waals surface area contributed by atoms with Gasteiger partial charge in [0.1, 0.15) is 5.75 Å². The maximum Gasteiger partial charge on any atom is 0.222 e. The van der Waals surface area contributed by atoms with Crippen molar-refractivity contribution in [1.29, 1.82) is 0 Å². The number of carbonyl (C=O) groups is 1. The molecule has 0 bridgehead atoms. The lowest BCUT2D eigenvalue weighted by Gasteiger charge is -2.32. The molecule has 24 heavy (non-hydrogen) atoms. The van der Waals surface area contributed by atoms with Crippen LogP contribution in [-0.4, -0.2) is 43.6 Å². The Kier molecular flexibility index (Phi) is 8.16. The quantitative estimate of drug-likeness (QED) is 0.701. The smallest absolute Gasteiger partial charge is 0.222 e. The number of piperidine rings is 1. The van der Waals surface area contributed by atoms with Crippen molar-refractivity contribution in [3.05, 3.63) is 28.2 Å². The molecule has 0 saturated carbocycles. The van der Waals surface area contributed by atoms with Gasteiger partial charge in [0.05, 0.1) is 11.6 Å². The van der Waals surface area contributed by atoms with Crippen molar-refractivity contribution >= 4 is 29.1 Å². The lowest BCUT2D eigenvalue weighted by molar-refractivity contribution is -0.132. The fraction of sp³-hybridized carbons (Fsp3) is 0.611. The summed E-state index contributed by atoms with van der Waals surface area (Å²) in [6.45, 7) is 6.42. The first-order chi connectivity index (χ1) is 11.6. The zero-order valence-corrected chi connectivity index (χ0v) is 15.7. The van der Waals surface area contributed by atoms with Gasteiger partial charge in [-0.3, -0.25) is 4.79 Å². The number of hydrogen-bond acceptors (Lipinski definition) is 3. The van der Waals surface area contributed by atoms with E-state index in [1.54, 1.807) is 18.2 Å². The van der Waals surface area contributed by atoms with Crippen molar-refractivity contribution in [2.75, 3.05) is 32.8 Å². The van der Waals surface area contributed by atoms with Crippen molar-refractivity contribution in [3.8, 4) is 5.75 Å². The second-order valence-electron chi connectivity index (χ2n) is 6.16. The number of halogens is 2. The van der Waals surface area contributed by atoms with Gasteiger partial charge in [-0.1, -0.05) is 30.1 Å². The monoisotopic (exact) mass is 372 g/mol. The van der Waals surface area contributed by atoms with Gasteiger partial charge in [0.15, 0.2) is 0 Å². The SMILES string of the molecule is CCNCC1CCN(C(=O)CCCOc2ccc(Cl)cc2Cl)CC1. The highest BCUT2D eigenvalue weighted by atomic mass is 35.5. The highest BCUT2D eigenvalue weighted by Crippen LogP contribution is 2.27. The van der Waals surface area contributed by atoms with Gasteiger partial charge < -0.3 is 15.0 Å². The van der Waals surface area contributed by atoms with E-state index in [1.807, 2.05) is 4.90 Å². The molecule has 0 unspecified atom stereocenters. The first-order valence-corrected chi connectivity index (χ1v) is 9.42. The second kappa shape index (κ2) is 10.1. The second-order valence-corrected chi connectivity index (χ2v) is 7.00. The van der Waals surface area contributed by atoms with Crippen LogP contribution in [0.2, 0.25) is 10.0 Å². The van der Waals surface area contributed by atoms with Crippen LogP contribution in [0.5, 0.6) is 5.75 Å². The summed E-state index contributed by atoms with van der Waals surface area (Å²) < 4.78 is 5.62. The number of hydrogen-bond donors (Lipinski definition) is 1. The summed E-state index contributed by atoms with van der Waals surface area (Å²) in [6.07, 6.45) is 3.39. The first-order valence-electron chi connectivity index (χ1n) is 8.66. The standard InChI is InChI=1S/C18H26Cl2N2O2/c1-2-21-13-14-7-9-22(10-8-14)18(23)4-3-11-24-17-6-5-15(19)12-16(17)20/h5-6,12,14,21H,2-4,7-11,13H2,1H3. The molecule has 1 aliphatic rings. The lowest BCUT2D eigenvalue weighted by Crippen LogP contribution is -2.40. The molecule has 1 aromatic rings. The molecule has 0 radical (unpaired) electrons. The molecule has 6 heteroatoms. The van der Waals surface area contributed by atoms with Crippen LogP contribution < -0.4 is 10.1 Å². The van der Waals surface area contributed by atoms with Crippen molar-refractivity contribution in [3.63, 3.8) is 0 Å². The molecule has 0 spiro atoms. The maximum absolute atomic E-state index is 12.3. The van der Waals surface area contributed by atoms with Crippen LogP contribution in [0, 0.1) is 5.92 Å². The number of amides is 1. The highest BCUT2D eigenvalue weighted by Gasteiger charge is 2.22. The van der Waals surface area contributed by atoms with E-state index in [4.69, 9.17) is 27.9 Å². The molecule has 0 aromatic heterocycles. The number of carbonyl (C=O) groups excluding carboxylic acids is 1. The Morgan fingerprint density at radius 1 is 1.33 bits per heavy atom. The number of ether oxygens (including phenoxy) is 1. The molecule has 1 amide bonds. The molecular weight excluding hydrogens is 347 g/mol. The van der Waals surface area contributed by atoms with E-state index in [-0.39, 0.29) is 5.91 Å². The average Bonchev–Trinajstić information content (AvgIpc) is 2.58. The molecule has 1 aromatic carbocycles. The van der Waals surface area contributed by atoms with Crippen molar-refractivity contribution in [2.45, 2.75) is 32.6 Å². The Hall–Kier alpha value is -0.970. The largest absolute Gasteiger partial charge is 0.492 e. The molecule has 4 nitrogen and oxygen atoms in total. The predicted octanol–water partition coefficient (Wildman–Crippen LogP) is 4.00. The van der Waals surface area contributed by atoms with Crippen LogP contribution in [0.25, 0.3) is 0 Å². The van der Waals surface area contributed by atoms with Gasteiger partial charge in [0.2, 0.25) is 5.91 Å². The molecule has 1 saturated heterocycles. The van der Waals surface area contributed by atoms with Gasteiger partial charge in [-0.15, -0.1) is 0 Å². The van der Waals surface area contributed by atoms with Gasteiger partial charge in [0, 0.05) is 24.5 Å². The van der Waals surface area contributed by atoms with Crippen LogP contribution in [0.1, 0.15) is 32.6 Å². The van der Waals surface area contributed by atoms with Crippen LogP contribution in [0.4, 0.5) is 0 Å². The highest BCUT2D eigenvalue weighted by molar-refractivity contribution is 6.35. The van der Waals surface area contributed by atoms with E-state index >= 15 is 0 Å². The Morgan fingerprint density at radius 3 is 2.75 bits per heavy atom. The van der Waals surface area contributed by atoms with Crippen LogP contribution in [0.3, 0.4) is 0 Å². The van der Waals surface area contributed by atoms with E-state index in [2.05, 4.69) is 12.2 Å². The number of benzene rings is 1. The summed E-state index contributed by atoms with van der Waals surface area (Å²) in [6, 6.07) is 5.15. The molecule has 1 N–H and O–H groups in total. The Bertz CT molecular complexity index is 532. The Morgan fingerprint density at radius 2 is 2.08 bits per heavy atom. The van der Waals surface area contributed by atoms with E-state index in [0.717, 1.165) is 39.0 Å². The topological polar surface area (TPSA) is 41.6 Å². The summed E-state index contributed by atoms with van der Waals surface area (Å²) in [7, 11) is 0. The Labute approximate surface area is 154 Å². The minimum Gasteiger partial charge on any atom is -0.492 e. The molecule has 1 aliphatic heterocycles. The summed E-state index contributed by atoms with van der Waals surface area (Å²) in [5, 5.41) is 4.47. The number of nitrogens with one attached hydrogen (secondary N) is 1. The van der Waals surface area contributed by atoms with Crippen LogP contribution >= 0.6 is 23.2 Å². The summed E-state index contributed by atoms with van der Waals surface area (Å²) in [5.74, 6) is 1.53. The molecule has 1 fully saturated rings. The van der Waals surface area contributed by atoms with Gasteiger partial charge in [-0.2, -0.15) is 0 Å². The predicted molar refractivity (Wildman–Crippen MR) is 99.0 cm³/mol. The summed E-state index contributed by atoms with van der Waals surface area (Å²) in [4.78, 5) is 14.2. The van der Waals surface area contributed by atoms with E-state index in [0.29, 0.717) is 41.2 Å². The van der Waals surface area contributed by atoms with Crippen molar-refractivity contribution in [1.82, 2.24) is 10.2 Å². The fourth-order valence-electron chi connectivity index (χ4n) is 2.89. The average molecular weight is 373 g/mol. The third-order valence-corrected chi connectivity index (χ3v) is 4.87. The molecule has 0 atom stereocenters. The minimum absolute atomic E-state index is 0.225. The summed E-state index contributed by atoms with van der Waals surface area (Å²) >= 11 is 11.9. The van der Waals surface area contributed by atoms with E-state index in [9.17, 15) is 4.79 Å². The van der Waals surface area contributed by atoms with Crippen molar-refractivity contribution < 1.29 is 9.53 Å². The number of nitrogens with zero attached hydrogens (tertiary/aromatic N) is 1. The van der Waals surface area contributed by atoms with Crippen LogP contribution in [-0.2, 0) is 4.79 Å². The van der Waals surface area contributed by atoms with Crippen LogP contribution in [0.15, 0.2) is 18.2 Å². The molecule has 0 aliphatic carbocycles. The number of likely N-dealkylation sites (tertiary alicyclic amines) is 1. The first kappa shape index (κ1) is 19.4. The third kappa shape index (κ3) is 6.15. The van der Waals surface area contributed by atoms with Gasteiger partial charge in [0.25, 0.3) is 0 Å². The minimum atomic E-state index is 0.225. The van der Waals surface area contributed by atoms with Gasteiger partial charge in [-0.05, 0) is 56.5 Å². The van der Waals surface area contributed by atoms with Crippen molar-refractivity contribution in [2.24, 2.45) is 5.92 Å². The normalized spacial score (nSPS) is 15.5. The molecule has 1 heterocycles. The molecule has 134 valence electrons. The molecular formula is C18H26Cl2N2O2. The fourth-order valence-corrected chi connectivity index (χ4v) is 3.35. The molecule has 2 rings (SSSR count). The van der Waals surface area contributed by atoms with Gasteiger partial charge >= 0.3 is 0 Å². The third-order valence-electron chi connectivity index (χ3n) is 4.34. The van der Waals surface area contributed by atoms with E-state index < -0.39 is 0 Å². The maximum atomic E-state index is 12.3. The lowest BCUT2D eigenvalue weighted by atomic mass is 9.96. The number of rotatable bonds is 8. The zero-order valence-electron chi connectivity index (χ0n) is 14.2. The summed E-state index contributed by atoms with van der Waals surface area (Å²) in [5.41, 5.74) is 0. The van der Waals surface area contributed by atoms with E-state index in [1.165, 1.54) is 0 Å².